The van der Waals surface area contributed by atoms with Gasteiger partial charge in [-0.05, 0) is 123 Å². The summed E-state index contributed by atoms with van der Waals surface area (Å²) in [6, 6.07) is 5.33. The zero-order chi connectivity index (χ0) is 23.5. The second-order valence-electron chi connectivity index (χ2n) is 12.8. The summed E-state index contributed by atoms with van der Waals surface area (Å²) in [5, 5.41) is 1.26. The number of aryl methyl sites for hydroxylation is 1. The first-order valence-corrected chi connectivity index (χ1v) is 14.4. The molecule has 0 spiro atoms. The molecule has 0 radical (unpaired) electrons. The predicted molar refractivity (Wildman–Crippen MR) is 140 cm³/mol. The van der Waals surface area contributed by atoms with Gasteiger partial charge in [-0.3, -0.25) is 4.79 Å². The lowest BCUT2D eigenvalue weighted by molar-refractivity contribution is -0.111. The molecule has 1 heterocycles. The van der Waals surface area contributed by atoms with Crippen LogP contribution in [0.5, 0.6) is 0 Å². The van der Waals surface area contributed by atoms with Gasteiger partial charge in [-0.15, -0.1) is 0 Å². The van der Waals surface area contributed by atoms with Crippen LogP contribution in [0.1, 0.15) is 96.7 Å². The van der Waals surface area contributed by atoms with Gasteiger partial charge in [-0.2, -0.15) is 0 Å². The van der Waals surface area contributed by atoms with Crippen LogP contribution >= 0.6 is 11.6 Å². The summed E-state index contributed by atoms with van der Waals surface area (Å²) in [6.07, 6.45) is 17.9. The van der Waals surface area contributed by atoms with Crippen LogP contribution in [0.15, 0.2) is 23.0 Å². The Morgan fingerprint density at radius 2 is 1.85 bits per heavy atom. The van der Waals surface area contributed by atoms with E-state index in [0.29, 0.717) is 26.8 Å². The number of hydrogen-bond acceptors (Lipinski definition) is 2. The summed E-state index contributed by atoms with van der Waals surface area (Å²) in [4.78, 5) is 20.2. The van der Waals surface area contributed by atoms with Crippen LogP contribution in [-0.2, 0) is 6.42 Å². The number of hydrogen-bond donors (Lipinski definition) is 1. The van der Waals surface area contributed by atoms with E-state index in [-0.39, 0.29) is 5.56 Å². The lowest BCUT2D eigenvalue weighted by Crippen LogP contribution is -2.52. The molecule has 0 aliphatic heterocycles. The lowest BCUT2D eigenvalue weighted by atomic mass is 9.45. The number of fused-ring (bicyclic) bond motifs is 6. The Morgan fingerprint density at radius 1 is 1.00 bits per heavy atom. The summed E-state index contributed by atoms with van der Waals surface area (Å²) >= 11 is 6.14. The third-order valence-corrected chi connectivity index (χ3v) is 11.7. The first kappa shape index (κ1) is 23.1. The Morgan fingerprint density at radius 3 is 2.74 bits per heavy atom. The highest BCUT2D eigenvalue weighted by Gasteiger charge is 2.59. The number of aromatic amines is 1. The zero-order valence-electron chi connectivity index (χ0n) is 21.0. The van der Waals surface area contributed by atoms with Crippen molar-refractivity contribution in [1.82, 2.24) is 9.97 Å². The van der Waals surface area contributed by atoms with Crippen molar-refractivity contribution < 1.29 is 0 Å². The van der Waals surface area contributed by atoms with Crippen LogP contribution in [0.25, 0.3) is 10.9 Å². The van der Waals surface area contributed by atoms with Gasteiger partial charge in [0.25, 0.3) is 5.56 Å². The van der Waals surface area contributed by atoms with Crippen molar-refractivity contribution in [2.45, 2.75) is 97.3 Å². The minimum absolute atomic E-state index is 0.0466. The van der Waals surface area contributed by atoms with E-state index >= 15 is 0 Å². The zero-order valence-corrected chi connectivity index (χ0v) is 21.8. The molecule has 3 nitrogen and oxygen atoms in total. The minimum atomic E-state index is -0.0466. The largest absolute Gasteiger partial charge is 0.310 e. The average molecular weight is 481 g/mol. The Bertz CT molecular complexity index is 1130. The van der Waals surface area contributed by atoms with Crippen molar-refractivity contribution in [3.05, 3.63) is 39.4 Å². The van der Waals surface area contributed by atoms with E-state index in [9.17, 15) is 4.79 Å². The van der Waals surface area contributed by atoms with Crippen molar-refractivity contribution in [2.24, 2.45) is 40.4 Å². The molecule has 4 aliphatic carbocycles. The molecule has 1 aromatic carbocycles. The molecule has 1 N–H and O–H groups in total. The van der Waals surface area contributed by atoms with Crippen molar-refractivity contribution in [3.63, 3.8) is 0 Å². The number of rotatable bonds is 4. The molecular weight excluding hydrogens is 440 g/mol. The number of nitrogens with one attached hydrogen (secondary N) is 1. The maximum atomic E-state index is 12.5. The molecule has 4 aliphatic rings. The van der Waals surface area contributed by atoms with Gasteiger partial charge in [-0.1, -0.05) is 38.3 Å². The number of benzene rings is 1. The quantitative estimate of drug-likeness (QED) is 0.482. The van der Waals surface area contributed by atoms with Crippen molar-refractivity contribution in [3.8, 4) is 0 Å². The molecule has 4 heteroatoms. The van der Waals surface area contributed by atoms with E-state index in [0.717, 1.165) is 48.3 Å². The van der Waals surface area contributed by atoms with E-state index in [1.807, 2.05) is 0 Å². The van der Waals surface area contributed by atoms with Gasteiger partial charge in [0.1, 0.15) is 5.82 Å². The van der Waals surface area contributed by atoms with Gasteiger partial charge in [0.2, 0.25) is 0 Å². The van der Waals surface area contributed by atoms with Crippen molar-refractivity contribution in [1.29, 1.82) is 0 Å². The highest BCUT2D eigenvalue weighted by atomic mass is 35.5. The van der Waals surface area contributed by atoms with Gasteiger partial charge in [0.15, 0.2) is 0 Å². The van der Waals surface area contributed by atoms with Gasteiger partial charge in [-0.25, -0.2) is 4.98 Å². The minimum Gasteiger partial charge on any atom is -0.310 e. The van der Waals surface area contributed by atoms with E-state index < -0.39 is 0 Å². The van der Waals surface area contributed by atoms with E-state index in [2.05, 4.69) is 18.8 Å². The van der Waals surface area contributed by atoms with E-state index in [1.165, 1.54) is 70.6 Å². The fourth-order valence-corrected chi connectivity index (χ4v) is 9.84. The molecule has 0 saturated heterocycles. The molecule has 4 fully saturated rings. The van der Waals surface area contributed by atoms with Crippen LogP contribution in [0.3, 0.4) is 0 Å². The highest BCUT2D eigenvalue weighted by molar-refractivity contribution is 6.31. The smallest absolute Gasteiger partial charge is 0.258 e. The molecular formula is C30H41ClN2O. The molecule has 0 bridgehead atoms. The summed E-state index contributed by atoms with van der Waals surface area (Å²) < 4.78 is 0. The predicted octanol–water partition coefficient (Wildman–Crippen LogP) is 7.95. The van der Waals surface area contributed by atoms with Crippen LogP contribution < -0.4 is 5.56 Å². The van der Waals surface area contributed by atoms with E-state index in [1.54, 1.807) is 18.2 Å². The highest BCUT2D eigenvalue weighted by Crippen LogP contribution is 2.67. The Hall–Kier alpha value is -1.35. The topological polar surface area (TPSA) is 45.8 Å². The Kier molecular flexibility index (Phi) is 5.87. The van der Waals surface area contributed by atoms with Crippen molar-refractivity contribution >= 4 is 22.5 Å². The monoisotopic (exact) mass is 480 g/mol. The number of H-pyrrole nitrogens is 1. The molecule has 7 unspecified atom stereocenters. The summed E-state index contributed by atoms with van der Waals surface area (Å²) in [6.45, 7) is 5.34. The fourth-order valence-electron chi connectivity index (χ4n) is 9.67. The first-order chi connectivity index (χ1) is 16.4. The first-order valence-electron chi connectivity index (χ1n) is 14.1. The molecule has 0 amide bonds. The molecule has 6 rings (SSSR count). The normalized spacial score (nSPS) is 39.4. The van der Waals surface area contributed by atoms with Crippen LogP contribution in [0, 0.1) is 40.4 Å². The molecule has 34 heavy (non-hydrogen) atoms. The Balaban J connectivity index is 1.13. The third-order valence-electron chi connectivity index (χ3n) is 11.5. The van der Waals surface area contributed by atoms with E-state index in [4.69, 9.17) is 16.6 Å². The number of aromatic nitrogens is 2. The number of nitrogens with zero attached hydrogens (tertiary/aromatic N) is 1. The van der Waals surface area contributed by atoms with Crippen LogP contribution in [0.4, 0.5) is 0 Å². The second-order valence-corrected chi connectivity index (χ2v) is 13.2. The van der Waals surface area contributed by atoms with Gasteiger partial charge in [0.05, 0.1) is 10.9 Å². The second kappa shape index (κ2) is 8.64. The van der Waals surface area contributed by atoms with Gasteiger partial charge in [0, 0.05) is 11.4 Å². The fraction of sp³-hybridized carbons (Fsp3) is 0.733. The Labute approximate surface area is 209 Å². The standard InChI is InChI=1S/C30H41ClN2O/c1-29-16-4-3-6-19(29)9-12-22-24-14-10-20(30(24,2)17-15-25(22)29)7-5-8-27-32-26-18-21(31)11-13-23(26)28(34)33-27/h11,13,18-20,22,24-25H,3-10,12,14-17H2,1-2H3,(H,32,33,34). The third kappa shape index (κ3) is 3.67. The SMILES string of the molecule is CC12CCCCC1CCC1C2CCC2(C)C(CCCc3nc4cc(Cl)ccc4c(=O)[nH]3)CCC12. The molecule has 1 aromatic heterocycles. The summed E-state index contributed by atoms with van der Waals surface area (Å²) in [7, 11) is 0. The lowest BCUT2D eigenvalue weighted by Gasteiger charge is -2.60. The summed E-state index contributed by atoms with van der Waals surface area (Å²) in [5.41, 5.74) is 1.83. The number of halogens is 1. The molecule has 184 valence electrons. The van der Waals surface area contributed by atoms with Crippen LogP contribution in [0.2, 0.25) is 5.02 Å². The van der Waals surface area contributed by atoms with Crippen LogP contribution in [-0.4, -0.2) is 9.97 Å². The van der Waals surface area contributed by atoms with Crippen molar-refractivity contribution in [2.75, 3.05) is 0 Å². The maximum absolute atomic E-state index is 12.5. The maximum Gasteiger partial charge on any atom is 0.258 e. The molecule has 7 atom stereocenters. The van der Waals surface area contributed by atoms with Gasteiger partial charge >= 0.3 is 0 Å². The average Bonchev–Trinajstić information content (AvgIpc) is 3.15. The summed E-state index contributed by atoms with van der Waals surface area (Å²) in [5.74, 6) is 5.56. The molecule has 2 aromatic rings. The van der Waals surface area contributed by atoms with Gasteiger partial charge < -0.3 is 4.98 Å². The molecule has 4 saturated carbocycles.